The molecule has 1 aliphatic heterocycles. The molecule has 2 heterocycles. The zero-order valence-corrected chi connectivity index (χ0v) is 14.2. The van der Waals surface area contributed by atoms with Gasteiger partial charge in [0, 0.05) is 41.6 Å². The lowest BCUT2D eigenvalue weighted by Crippen LogP contribution is -2.58. The van der Waals surface area contributed by atoms with Crippen LogP contribution in [0.5, 0.6) is 0 Å². The van der Waals surface area contributed by atoms with Crippen LogP contribution < -0.4 is 5.32 Å². The summed E-state index contributed by atoms with van der Waals surface area (Å²) in [6.07, 6.45) is 4.23. The highest BCUT2D eigenvalue weighted by atomic mass is 79.9. The lowest BCUT2D eigenvalue weighted by molar-refractivity contribution is 0.271. The number of nitrogens with one attached hydrogen (secondary N) is 1. The Morgan fingerprint density at radius 2 is 2.00 bits per heavy atom. The van der Waals surface area contributed by atoms with Crippen molar-refractivity contribution in [1.29, 1.82) is 0 Å². The Morgan fingerprint density at radius 1 is 1.29 bits per heavy atom. The number of halogens is 1. The molecule has 1 saturated heterocycles. The average molecular weight is 348 g/mol. The summed E-state index contributed by atoms with van der Waals surface area (Å²) < 4.78 is 3.23. The first kappa shape index (κ1) is 14.8. The number of nitrogens with zero attached hydrogens (tertiary/aromatic N) is 2. The summed E-state index contributed by atoms with van der Waals surface area (Å²) in [4.78, 5) is 0. The van der Waals surface area contributed by atoms with Crippen LogP contribution in [0.3, 0.4) is 0 Å². The summed E-state index contributed by atoms with van der Waals surface area (Å²) in [6.45, 7) is 6.48. The number of hydrogen-bond donors (Lipinski definition) is 1. The Hall–Kier alpha value is -1.13. The third-order valence-corrected chi connectivity index (χ3v) is 5.14. The molecule has 3 nitrogen and oxygen atoms in total. The van der Waals surface area contributed by atoms with Crippen molar-refractivity contribution >= 4 is 15.9 Å². The monoisotopic (exact) mass is 347 g/mol. The van der Waals surface area contributed by atoms with Crippen molar-refractivity contribution in [2.75, 3.05) is 13.1 Å². The lowest BCUT2D eigenvalue weighted by Gasteiger charge is -2.43. The van der Waals surface area contributed by atoms with Gasteiger partial charge in [0.25, 0.3) is 0 Å². The Balaban J connectivity index is 1.81. The number of aromatic nitrogens is 2. The van der Waals surface area contributed by atoms with Crippen LogP contribution in [0.15, 0.2) is 41.0 Å². The Bertz CT molecular complexity index is 599. The molecule has 0 amide bonds. The maximum Gasteiger partial charge on any atom is 0.0634 e. The normalized spacial score (nSPS) is 18.2. The highest BCUT2D eigenvalue weighted by Crippen LogP contribution is 2.33. The van der Waals surface area contributed by atoms with Crippen molar-refractivity contribution in [1.82, 2.24) is 15.1 Å². The third kappa shape index (κ3) is 2.92. The minimum atomic E-state index is 0.204. The van der Waals surface area contributed by atoms with E-state index in [9.17, 15) is 0 Å². The molecule has 2 aromatic rings. The van der Waals surface area contributed by atoms with Crippen LogP contribution in [0, 0.1) is 0 Å². The van der Waals surface area contributed by atoms with Gasteiger partial charge in [-0.1, -0.05) is 35.0 Å². The van der Waals surface area contributed by atoms with E-state index in [0.717, 1.165) is 30.4 Å². The van der Waals surface area contributed by atoms with Crippen LogP contribution in [0.4, 0.5) is 0 Å². The van der Waals surface area contributed by atoms with E-state index in [1.165, 1.54) is 11.3 Å². The molecule has 1 fully saturated rings. The molecule has 1 unspecified atom stereocenters. The lowest BCUT2D eigenvalue weighted by atomic mass is 9.72. The van der Waals surface area contributed by atoms with Gasteiger partial charge in [-0.3, -0.25) is 4.68 Å². The van der Waals surface area contributed by atoms with Crippen molar-refractivity contribution in [3.8, 4) is 0 Å². The van der Waals surface area contributed by atoms with E-state index < -0.39 is 0 Å². The molecule has 0 radical (unpaired) electrons. The highest BCUT2D eigenvalue weighted by molar-refractivity contribution is 9.10. The number of hydrogen-bond acceptors (Lipinski definition) is 2. The van der Waals surface area contributed by atoms with E-state index in [1.54, 1.807) is 0 Å². The van der Waals surface area contributed by atoms with Crippen molar-refractivity contribution < 1.29 is 0 Å². The quantitative estimate of drug-likeness (QED) is 0.893. The van der Waals surface area contributed by atoms with Crippen LogP contribution in [0.1, 0.15) is 37.6 Å². The van der Waals surface area contributed by atoms with E-state index in [4.69, 9.17) is 5.10 Å². The van der Waals surface area contributed by atoms with E-state index in [0.29, 0.717) is 6.04 Å². The van der Waals surface area contributed by atoms with E-state index in [2.05, 4.69) is 76.3 Å². The molecule has 1 N–H and O–H groups in total. The molecule has 21 heavy (non-hydrogen) atoms. The fourth-order valence-electron chi connectivity index (χ4n) is 2.91. The topological polar surface area (TPSA) is 29.9 Å². The summed E-state index contributed by atoms with van der Waals surface area (Å²) >= 11 is 3.51. The summed E-state index contributed by atoms with van der Waals surface area (Å²) in [6, 6.07) is 11.4. The molecule has 1 atom stereocenters. The fraction of sp³-hybridized carbons (Fsp3) is 0.471. The van der Waals surface area contributed by atoms with Gasteiger partial charge in [-0.2, -0.15) is 5.10 Å². The minimum Gasteiger partial charge on any atom is -0.315 e. The second-order valence-corrected chi connectivity index (χ2v) is 7.03. The van der Waals surface area contributed by atoms with Crippen molar-refractivity contribution in [3.05, 3.63) is 52.3 Å². The van der Waals surface area contributed by atoms with Gasteiger partial charge < -0.3 is 5.32 Å². The zero-order valence-electron chi connectivity index (χ0n) is 12.6. The molecular weight excluding hydrogens is 326 g/mol. The van der Waals surface area contributed by atoms with Gasteiger partial charge in [-0.25, -0.2) is 0 Å². The van der Waals surface area contributed by atoms with Gasteiger partial charge in [-0.15, -0.1) is 0 Å². The zero-order chi connectivity index (χ0) is 14.9. The molecule has 0 bridgehead atoms. The molecule has 4 heteroatoms. The van der Waals surface area contributed by atoms with Crippen LogP contribution in [0.25, 0.3) is 0 Å². The summed E-state index contributed by atoms with van der Waals surface area (Å²) in [5.74, 6) is 0. The standard InChI is InChI=1S/C17H22BrN3/c1-3-13(2)21-9-8-16(20-21)10-17(11-19-12-17)14-4-6-15(18)7-5-14/h4-9,13,19H,3,10-12H2,1-2H3. The predicted molar refractivity (Wildman–Crippen MR) is 89.6 cm³/mol. The second kappa shape index (κ2) is 5.93. The molecular formula is C17H22BrN3. The first-order chi connectivity index (χ1) is 10.1. The molecule has 1 aromatic carbocycles. The average Bonchev–Trinajstić information content (AvgIpc) is 2.91. The largest absolute Gasteiger partial charge is 0.315 e. The minimum absolute atomic E-state index is 0.204. The summed E-state index contributed by atoms with van der Waals surface area (Å²) in [5, 5.41) is 8.20. The fourth-order valence-corrected chi connectivity index (χ4v) is 3.18. The molecule has 1 aliphatic rings. The van der Waals surface area contributed by atoms with E-state index in [1.807, 2.05) is 0 Å². The summed E-state index contributed by atoms with van der Waals surface area (Å²) in [7, 11) is 0. The number of rotatable bonds is 5. The van der Waals surface area contributed by atoms with Crippen LogP contribution in [-0.4, -0.2) is 22.9 Å². The molecule has 3 rings (SSSR count). The van der Waals surface area contributed by atoms with Gasteiger partial charge in [0.2, 0.25) is 0 Å². The second-order valence-electron chi connectivity index (χ2n) is 6.11. The summed E-state index contributed by atoms with van der Waals surface area (Å²) in [5.41, 5.74) is 2.80. The Kier molecular flexibility index (Phi) is 4.18. The Morgan fingerprint density at radius 3 is 2.57 bits per heavy atom. The van der Waals surface area contributed by atoms with Gasteiger partial charge in [0.1, 0.15) is 0 Å². The molecule has 0 saturated carbocycles. The number of benzene rings is 1. The van der Waals surface area contributed by atoms with Gasteiger partial charge in [-0.05, 0) is 37.1 Å². The molecule has 0 aliphatic carbocycles. The highest BCUT2D eigenvalue weighted by Gasteiger charge is 2.39. The molecule has 112 valence electrons. The molecule has 1 aromatic heterocycles. The first-order valence-corrected chi connectivity index (χ1v) is 8.43. The van der Waals surface area contributed by atoms with Crippen LogP contribution >= 0.6 is 15.9 Å². The Labute approximate surface area is 134 Å². The van der Waals surface area contributed by atoms with Crippen molar-refractivity contribution in [2.24, 2.45) is 0 Å². The van der Waals surface area contributed by atoms with Crippen LogP contribution in [0.2, 0.25) is 0 Å². The van der Waals surface area contributed by atoms with Gasteiger partial charge in [0.05, 0.1) is 5.69 Å². The third-order valence-electron chi connectivity index (χ3n) is 4.61. The maximum absolute atomic E-state index is 4.77. The maximum atomic E-state index is 4.77. The first-order valence-electron chi connectivity index (χ1n) is 7.64. The van der Waals surface area contributed by atoms with E-state index >= 15 is 0 Å². The van der Waals surface area contributed by atoms with Crippen molar-refractivity contribution in [3.63, 3.8) is 0 Å². The molecule has 0 spiro atoms. The van der Waals surface area contributed by atoms with E-state index in [-0.39, 0.29) is 5.41 Å². The predicted octanol–water partition coefficient (Wildman–Crippen LogP) is 3.70. The SMILES string of the molecule is CCC(C)n1ccc(CC2(c3ccc(Br)cc3)CNC2)n1. The van der Waals surface area contributed by atoms with Crippen LogP contribution in [-0.2, 0) is 11.8 Å². The van der Waals surface area contributed by atoms with Gasteiger partial charge in [0.15, 0.2) is 0 Å². The van der Waals surface area contributed by atoms with Crippen molar-refractivity contribution in [2.45, 2.75) is 38.1 Å². The smallest absolute Gasteiger partial charge is 0.0634 e. The van der Waals surface area contributed by atoms with Gasteiger partial charge >= 0.3 is 0 Å².